The molecule has 5 nitrogen and oxygen atoms in total. The van der Waals surface area contributed by atoms with Crippen LogP contribution in [0.1, 0.15) is 25.3 Å². The van der Waals surface area contributed by atoms with Gasteiger partial charge in [0.2, 0.25) is 5.91 Å². The zero-order valence-electron chi connectivity index (χ0n) is 14.6. The van der Waals surface area contributed by atoms with Crippen molar-refractivity contribution in [1.29, 1.82) is 0 Å². The molecule has 0 aliphatic carbocycles. The maximum atomic E-state index is 13.1. The van der Waals surface area contributed by atoms with Crippen molar-refractivity contribution in [2.24, 2.45) is 11.8 Å². The van der Waals surface area contributed by atoms with Gasteiger partial charge in [0, 0.05) is 5.69 Å². The summed E-state index contributed by atoms with van der Waals surface area (Å²) < 4.78 is 11.5. The highest BCUT2D eigenvalue weighted by atomic mass is 16.6. The third-order valence-electron chi connectivity index (χ3n) is 5.46. The van der Waals surface area contributed by atoms with Crippen molar-refractivity contribution in [3.8, 4) is 0 Å². The van der Waals surface area contributed by atoms with E-state index in [0.717, 1.165) is 24.1 Å². The summed E-state index contributed by atoms with van der Waals surface area (Å²) in [6.45, 7) is 4.91. The Morgan fingerprint density at radius 3 is 2.84 bits per heavy atom. The maximum Gasteiger partial charge on any atom is 0.312 e. The van der Waals surface area contributed by atoms with Gasteiger partial charge >= 0.3 is 5.97 Å². The van der Waals surface area contributed by atoms with E-state index < -0.39 is 17.4 Å². The Hall–Kier alpha value is -2.14. The van der Waals surface area contributed by atoms with Crippen LogP contribution in [-0.4, -0.2) is 36.7 Å². The van der Waals surface area contributed by atoms with E-state index in [0.29, 0.717) is 13.2 Å². The van der Waals surface area contributed by atoms with Crippen molar-refractivity contribution in [1.82, 2.24) is 0 Å². The summed E-state index contributed by atoms with van der Waals surface area (Å²) in [6.07, 6.45) is 5.33. The highest BCUT2D eigenvalue weighted by molar-refractivity contribution is 6.02. The van der Waals surface area contributed by atoms with E-state index in [-0.39, 0.29) is 18.0 Å². The fraction of sp³-hybridized carbons (Fsp3) is 0.500. The van der Waals surface area contributed by atoms with Crippen LogP contribution >= 0.6 is 0 Å². The second-order valence-electron chi connectivity index (χ2n) is 7.18. The lowest BCUT2D eigenvalue weighted by atomic mass is 9.77. The molecule has 2 bridgehead atoms. The molecule has 4 rings (SSSR count). The van der Waals surface area contributed by atoms with Gasteiger partial charge in [-0.3, -0.25) is 9.59 Å². The minimum absolute atomic E-state index is 0.0480. The van der Waals surface area contributed by atoms with Gasteiger partial charge in [0.1, 0.15) is 11.5 Å². The Bertz CT molecular complexity index is 726. The van der Waals surface area contributed by atoms with Crippen molar-refractivity contribution in [2.45, 2.75) is 38.4 Å². The van der Waals surface area contributed by atoms with E-state index in [4.69, 9.17) is 9.47 Å². The molecule has 4 atom stereocenters. The molecule has 3 aliphatic rings. The summed E-state index contributed by atoms with van der Waals surface area (Å²) in [7, 11) is 0. The average Bonchev–Trinajstić information content (AvgIpc) is 3.24. The Balaban J connectivity index is 1.59. The van der Waals surface area contributed by atoms with Crippen molar-refractivity contribution >= 4 is 17.6 Å². The fourth-order valence-electron chi connectivity index (χ4n) is 4.12. The third-order valence-corrected chi connectivity index (χ3v) is 5.46. The number of hydrogen-bond donors (Lipinski definition) is 0. The van der Waals surface area contributed by atoms with E-state index in [9.17, 15) is 9.59 Å². The number of benzene rings is 1. The maximum absolute atomic E-state index is 13.1. The van der Waals surface area contributed by atoms with Crippen LogP contribution in [0.15, 0.2) is 36.4 Å². The van der Waals surface area contributed by atoms with E-state index in [1.54, 1.807) is 4.90 Å². The fourth-order valence-corrected chi connectivity index (χ4v) is 4.12. The normalized spacial score (nSPS) is 32.3. The average molecular weight is 341 g/mol. The SMILES string of the molecule is CCCCOC(=O)[C@@H]1[C@H]2C=C[C@]3(CN(c4ccc(C)cc4)C(=O)[C@@H]13)O2. The minimum atomic E-state index is -0.693. The number of aryl methyl sites for hydroxylation is 1. The van der Waals surface area contributed by atoms with E-state index in [2.05, 4.69) is 0 Å². The van der Waals surface area contributed by atoms with E-state index >= 15 is 0 Å². The number of esters is 1. The molecule has 2 fully saturated rings. The molecular formula is C20H23NO4. The highest BCUT2D eigenvalue weighted by Gasteiger charge is 2.67. The first-order valence-electron chi connectivity index (χ1n) is 8.97. The van der Waals surface area contributed by atoms with Crippen LogP contribution in [0.4, 0.5) is 5.69 Å². The lowest BCUT2D eigenvalue weighted by molar-refractivity contribution is -0.152. The Labute approximate surface area is 147 Å². The van der Waals surface area contributed by atoms with Gasteiger partial charge in [-0.15, -0.1) is 0 Å². The van der Waals surface area contributed by atoms with Gasteiger partial charge < -0.3 is 14.4 Å². The lowest BCUT2D eigenvalue weighted by Crippen LogP contribution is -2.40. The molecule has 132 valence electrons. The number of fused-ring (bicyclic) bond motifs is 1. The molecule has 25 heavy (non-hydrogen) atoms. The van der Waals surface area contributed by atoms with Gasteiger partial charge in [-0.2, -0.15) is 0 Å². The Morgan fingerprint density at radius 1 is 1.36 bits per heavy atom. The lowest BCUT2D eigenvalue weighted by Gasteiger charge is -2.22. The zero-order chi connectivity index (χ0) is 17.6. The number of hydrogen-bond acceptors (Lipinski definition) is 4. The molecule has 1 aromatic rings. The number of anilines is 1. The predicted octanol–water partition coefficient (Wildman–Crippen LogP) is 2.62. The topological polar surface area (TPSA) is 55.8 Å². The number of rotatable bonds is 5. The molecule has 0 N–H and O–H groups in total. The molecule has 1 amide bonds. The molecule has 1 aromatic carbocycles. The quantitative estimate of drug-likeness (QED) is 0.469. The molecule has 3 aliphatic heterocycles. The second-order valence-corrected chi connectivity index (χ2v) is 7.18. The Morgan fingerprint density at radius 2 is 2.12 bits per heavy atom. The van der Waals surface area contributed by atoms with Crippen molar-refractivity contribution in [2.75, 3.05) is 18.1 Å². The van der Waals surface area contributed by atoms with Gasteiger partial charge in [0.25, 0.3) is 0 Å². The summed E-state index contributed by atoms with van der Waals surface area (Å²) in [5.74, 6) is -1.38. The number of carbonyl (C=O) groups is 2. The Kier molecular flexibility index (Phi) is 3.91. The summed E-state index contributed by atoms with van der Waals surface area (Å²) in [5, 5.41) is 0. The zero-order valence-corrected chi connectivity index (χ0v) is 14.6. The smallest absolute Gasteiger partial charge is 0.312 e. The molecule has 0 unspecified atom stereocenters. The van der Waals surface area contributed by atoms with Crippen LogP contribution in [0.2, 0.25) is 0 Å². The molecule has 2 saturated heterocycles. The van der Waals surface area contributed by atoms with Gasteiger partial charge in [-0.05, 0) is 25.5 Å². The third kappa shape index (κ3) is 2.49. The van der Waals surface area contributed by atoms with E-state index in [1.165, 1.54) is 0 Å². The highest BCUT2D eigenvalue weighted by Crippen LogP contribution is 2.52. The van der Waals surface area contributed by atoms with E-state index in [1.807, 2.05) is 50.3 Å². The van der Waals surface area contributed by atoms with Crippen LogP contribution in [0.5, 0.6) is 0 Å². The molecular weight excluding hydrogens is 318 g/mol. The van der Waals surface area contributed by atoms with Crippen molar-refractivity contribution < 1.29 is 19.1 Å². The van der Waals surface area contributed by atoms with Gasteiger partial charge in [-0.25, -0.2) is 0 Å². The first-order chi connectivity index (χ1) is 12.1. The molecule has 1 spiro atoms. The summed E-state index contributed by atoms with van der Waals surface area (Å²) in [4.78, 5) is 27.4. The molecule has 5 heteroatoms. The molecule has 3 heterocycles. The van der Waals surface area contributed by atoms with Crippen LogP contribution in [0, 0.1) is 18.8 Å². The number of ether oxygens (including phenoxy) is 2. The van der Waals surface area contributed by atoms with Crippen molar-refractivity contribution in [3.05, 3.63) is 42.0 Å². The van der Waals surface area contributed by atoms with Gasteiger partial charge in [-0.1, -0.05) is 43.2 Å². The largest absolute Gasteiger partial charge is 0.465 e. The van der Waals surface area contributed by atoms with Crippen LogP contribution in [-0.2, 0) is 19.1 Å². The molecule has 0 radical (unpaired) electrons. The summed E-state index contributed by atoms with van der Waals surface area (Å²) >= 11 is 0. The van der Waals surface area contributed by atoms with Gasteiger partial charge in [0.15, 0.2) is 0 Å². The van der Waals surface area contributed by atoms with Crippen LogP contribution in [0.3, 0.4) is 0 Å². The number of carbonyl (C=O) groups excluding carboxylic acids is 2. The minimum Gasteiger partial charge on any atom is -0.465 e. The van der Waals surface area contributed by atoms with Crippen LogP contribution < -0.4 is 4.90 Å². The van der Waals surface area contributed by atoms with Gasteiger partial charge in [0.05, 0.1) is 25.2 Å². The number of unbranched alkanes of at least 4 members (excludes halogenated alkanes) is 1. The predicted molar refractivity (Wildman–Crippen MR) is 93.1 cm³/mol. The first kappa shape index (κ1) is 16.3. The molecule has 0 aromatic heterocycles. The first-order valence-corrected chi connectivity index (χ1v) is 8.97. The second kappa shape index (κ2) is 5.99. The number of nitrogens with zero attached hydrogens (tertiary/aromatic N) is 1. The standard InChI is InChI=1S/C20H23NO4/c1-3-4-11-24-19(23)16-15-9-10-20(25-15)12-21(18(22)17(16)20)14-7-5-13(2)6-8-14/h5-10,15-17H,3-4,11-12H2,1-2H3/t15-,16-,17-,20-/m1/s1. The summed E-state index contributed by atoms with van der Waals surface area (Å²) in [6, 6.07) is 7.85. The molecule has 0 saturated carbocycles. The monoisotopic (exact) mass is 341 g/mol. The van der Waals surface area contributed by atoms with Crippen LogP contribution in [0.25, 0.3) is 0 Å². The van der Waals surface area contributed by atoms with Crippen molar-refractivity contribution in [3.63, 3.8) is 0 Å². The number of amides is 1. The summed E-state index contributed by atoms with van der Waals surface area (Å²) in [5.41, 5.74) is 1.29.